The van der Waals surface area contributed by atoms with Crippen molar-refractivity contribution in [2.75, 3.05) is 12.3 Å². The zero-order valence-corrected chi connectivity index (χ0v) is 9.03. The fourth-order valence-corrected chi connectivity index (χ4v) is 1.49. The summed E-state index contributed by atoms with van der Waals surface area (Å²) in [6.45, 7) is 0.819. The number of nitrogens with one attached hydrogen (secondary N) is 1. The first-order valence-electron chi connectivity index (χ1n) is 4.37. The van der Waals surface area contributed by atoms with Crippen LogP contribution in [0.3, 0.4) is 0 Å². The number of nitrogens with zero attached hydrogens (tertiary/aromatic N) is 2. The van der Waals surface area contributed by atoms with Gasteiger partial charge < -0.3 is 5.32 Å². The van der Waals surface area contributed by atoms with Gasteiger partial charge in [0.25, 0.3) is 0 Å². The molecular formula is C8H12F3N3S. The number of aryl methyl sites for hydroxylation is 1. The van der Waals surface area contributed by atoms with Gasteiger partial charge in [0, 0.05) is 32.1 Å². The van der Waals surface area contributed by atoms with E-state index >= 15 is 0 Å². The molecule has 0 aliphatic rings. The Morgan fingerprint density at radius 2 is 2.27 bits per heavy atom. The first-order chi connectivity index (χ1) is 6.97. The second-order valence-electron chi connectivity index (χ2n) is 2.95. The van der Waals surface area contributed by atoms with E-state index in [0.717, 1.165) is 5.69 Å². The Hall–Kier alpha value is -0.690. The van der Waals surface area contributed by atoms with E-state index in [1.165, 1.54) is 0 Å². The number of hydrogen-bond acceptors (Lipinski definition) is 3. The minimum Gasteiger partial charge on any atom is -0.310 e. The topological polar surface area (TPSA) is 29.9 Å². The lowest BCUT2D eigenvalue weighted by atomic mass is 10.4. The molecule has 0 aliphatic heterocycles. The van der Waals surface area contributed by atoms with E-state index in [4.69, 9.17) is 0 Å². The van der Waals surface area contributed by atoms with Crippen LogP contribution in [0.15, 0.2) is 12.3 Å². The van der Waals surface area contributed by atoms with Crippen LogP contribution in [0.5, 0.6) is 0 Å². The Morgan fingerprint density at radius 3 is 2.80 bits per heavy atom. The third-order valence-electron chi connectivity index (χ3n) is 1.62. The molecule has 0 aromatic carbocycles. The molecule has 0 fully saturated rings. The molecule has 0 saturated carbocycles. The summed E-state index contributed by atoms with van der Waals surface area (Å²) >= 11 is -0.0142. The van der Waals surface area contributed by atoms with Crippen molar-refractivity contribution in [2.24, 2.45) is 7.05 Å². The average molecular weight is 239 g/mol. The highest BCUT2D eigenvalue weighted by atomic mass is 32.2. The summed E-state index contributed by atoms with van der Waals surface area (Å²) in [5, 5.41) is 6.97. The van der Waals surface area contributed by atoms with Gasteiger partial charge in [0.1, 0.15) is 0 Å². The maximum Gasteiger partial charge on any atom is 0.441 e. The molecule has 0 aliphatic carbocycles. The standard InChI is InChI=1S/C8H12F3N3S/c1-14-4-2-7(13-14)6-12-3-5-15-8(9,10)11/h2,4,12H,3,5-6H2,1H3. The summed E-state index contributed by atoms with van der Waals surface area (Å²) in [5.74, 6) is 0.0241. The normalized spacial score (nSPS) is 12.0. The molecule has 1 N–H and O–H groups in total. The summed E-state index contributed by atoms with van der Waals surface area (Å²) in [7, 11) is 1.79. The van der Waals surface area contributed by atoms with Gasteiger partial charge in [-0.3, -0.25) is 4.68 Å². The number of rotatable bonds is 5. The van der Waals surface area contributed by atoms with Gasteiger partial charge in [-0.15, -0.1) is 0 Å². The lowest BCUT2D eigenvalue weighted by Crippen LogP contribution is -2.18. The molecule has 0 amide bonds. The molecule has 3 nitrogen and oxygen atoms in total. The summed E-state index contributed by atoms with van der Waals surface area (Å²) < 4.78 is 36.8. The SMILES string of the molecule is Cn1ccc(CNCCSC(F)(F)F)n1. The Kier molecular flexibility index (Phi) is 4.46. The van der Waals surface area contributed by atoms with E-state index in [2.05, 4.69) is 10.4 Å². The van der Waals surface area contributed by atoms with E-state index in [1.54, 1.807) is 17.9 Å². The highest BCUT2D eigenvalue weighted by Gasteiger charge is 2.27. The van der Waals surface area contributed by atoms with Crippen LogP contribution in [-0.4, -0.2) is 27.6 Å². The molecular weight excluding hydrogens is 227 g/mol. The highest BCUT2D eigenvalue weighted by molar-refractivity contribution is 8.00. The molecule has 1 aromatic rings. The van der Waals surface area contributed by atoms with Gasteiger partial charge in [-0.1, -0.05) is 0 Å². The third-order valence-corrected chi connectivity index (χ3v) is 2.36. The van der Waals surface area contributed by atoms with Crippen LogP contribution in [0.25, 0.3) is 0 Å². The van der Waals surface area contributed by atoms with E-state index in [9.17, 15) is 13.2 Å². The quantitative estimate of drug-likeness (QED) is 0.794. The van der Waals surface area contributed by atoms with Crippen molar-refractivity contribution in [3.05, 3.63) is 18.0 Å². The van der Waals surface area contributed by atoms with Gasteiger partial charge in [0.15, 0.2) is 0 Å². The van der Waals surface area contributed by atoms with Crippen LogP contribution in [0, 0.1) is 0 Å². The van der Waals surface area contributed by atoms with Crippen LogP contribution in [0.4, 0.5) is 13.2 Å². The van der Waals surface area contributed by atoms with E-state index in [1.807, 2.05) is 6.07 Å². The number of aromatic nitrogens is 2. The zero-order chi connectivity index (χ0) is 11.3. The Bertz CT molecular complexity index is 298. The minimum atomic E-state index is -4.13. The van der Waals surface area contributed by atoms with Crippen LogP contribution in [0.2, 0.25) is 0 Å². The van der Waals surface area contributed by atoms with Crippen LogP contribution < -0.4 is 5.32 Å². The monoisotopic (exact) mass is 239 g/mol. The largest absolute Gasteiger partial charge is 0.441 e. The second kappa shape index (κ2) is 5.41. The molecule has 1 heterocycles. The van der Waals surface area contributed by atoms with Gasteiger partial charge in [-0.05, 0) is 17.8 Å². The van der Waals surface area contributed by atoms with Gasteiger partial charge >= 0.3 is 5.51 Å². The molecule has 0 saturated heterocycles. The molecule has 0 atom stereocenters. The predicted molar refractivity (Wildman–Crippen MR) is 53.4 cm³/mol. The Labute approximate surface area is 90.0 Å². The maximum absolute atomic E-state index is 11.7. The average Bonchev–Trinajstić information content (AvgIpc) is 2.49. The molecule has 1 rings (SSSR count). The fourth-order valence-electron chi connectivity index (χ4n) is 1.01. The third kappa shape index (κ3) is 5.68. The van der Waals surface area contributed by atoms with Crippen molar-refractivity contribution in [3.8, 4) is 0 Å². The first-order valence-corrected chi connectivity index (χ1v) is 5.36. The fraction of sp³-hybridized carbons (Fsp3) is 0.625. The van der Waals surface area contributed by atoms with Gasteiger partial charge in [0.2, 0.25) is 0 Å². The number of alkyl halides is 3. The molecule has 86 valence electrons. The zero-order valence-electron chi connectivity index (χ0n) is 8.21. The lowest BCUT2D eigenvalue weighted by molar-refractivity contribution is -0.0327. The van der Waals surface area contributed by atoms with Crippen molar-refractivity contribution >= 4 is 11.8 Å². The molecule has 0 bridgehead atoms. The smallest absolute Gasteiger partial charge is 0.310 e. The second-order valence-corrected chi connectivity index (χ2v) is 4.11. The van der Waals surface area contributed by atoms with E-state index < -0.39 is 5.51 Å². The summed E-state index contributed by atoms with van der Waals surface area (Å²) in [6.07, 6.45) is 1.79. The minimum absolute atomic E-state index is 0.0142. The van der Waals surface area contributed by atoms with E-state index in [0.29, 0.717) is 13.1 Å². The summed E-state index contributed by atoms with van der Waals surface area (Å²) in [5.41, 5.74) is -3.30. The Balaban J connectivity index is 2.07. The summed E-state index contributed by atoms with van der Waals surface area (Å²) in [6, 6.07) is 1.82. The Morgan fingerprint density at radius 1 is 1.53 bits per heavy atom. The molecule has 0 radical (unpaired) electrons. The molecule has 0 spiro atoms. The van der Waals surface area contributed by atoms with Crippen molar-refractivity contribution in [1.82, 2.24) is 15.1 Å². The van der Waals surface area contributed by atoms with Crippen molar-refractivity contribution < 1.29 is 13.2 Å². The van der Waals surface area contributed by atoms with Gasteiger partial charge in [-0.2, -0.15) is 18.3 Å². The first kappa shape index (κ1) is 12.4. The molecule has 0 unspecified atom stereocenters. The number of thioether (sulfide) groups is 1. The van der Waals surface area contributed by atoms with Gasteiger partial charge in [0.05, 0.1) is 5.69 Å². The number of halogens is 3. The van der Waals surface area contributed by atoms with Crippen molar-refractivity contribution in [1.29, 1.82) is 0 Å². The number of hydrogen-bond donors (Lipinski definition) is 1. The van der Waals surface area contributed by atoms with Crippen LogP contribution >= 0.6 is 11.8 Å². The maximum atomic E-state index is 11.7. The van der Waals surface area contributed by atoms with Crippen molar-refractivity contribution in [2.45, 2.75) is 12.1 Å². The highest BCUT2D eigenvalue weighted by Crippen LogP contribution is 2.29. The summed E-state index contributed by atoms with van der Waals surface area (Å²) in [4.78, 5) is 0. The molecule has 15 heavy (non-hydrogen) atoms. The molecule has 1 aromatic heterocycles. The molecule has 7 heteroatoms. The van der Waals surface area contributed by atoms with Gasteiger partial charge in [-0.25, -0.2) is 0 Å². The van der Waals surface area contributed by atoms with Crippen LogP contribution in [0.1, 0.15) is 5.69 Å². The predicted octanol–water partition coefficient (Wildman–Crippen LogP) is 1.76. The lowest BCUT2D eigenvalue weighted by Gasteiger charge is -2.05. The van der Waals surface area contributed by atoms with Crippen molar-refractivity contribution in [3.63, 3.8) is 0 Å². The van der Waals surface area contributed by atoms with Crippen LogP contribution in [-0.2, 0) is 13.6 Å². The van der Waals surface area contributed by atoms with E-state index in [-0.39, 0.29) is 17.5 Å².